The lowest BCUT2D eigenvalue weighted by Crippen LogP contribution is -2.37. The van der Waals surface area contributed by atoms with Gasteiger partial charge in [0.25, 0.3) is 0 Å². The van der Waals surface area contributed by atoms with Crippen molar-refractivity contribution in [2.75, 3.05) is 0 Å². The number of aliphatic carboxylic acids is 1. The molecule has 1 N–H and O–H groups in total. The Morgan fingerprint density at radius 2 is 2.16 bits per heavy atom. The Hall–Kier alpha value is -2.02. The van der Waals surface area contributed by atoms with Crippen LogP contribution < -0.4 is 0 Å². The van der Waals surface area contributed by atoms with Crippen molar-refractivity contribution in [2.24, 2.45) is 0 Å². The quantitative estimate of drug-likeness (QED) is 0.932. The van der Waals surface area contributed by atoms with Crippen molar-refractivity contribution in [1.29, 1.82) is 0 Å². The molecule has 1 aromatic heterocycles. The van der Waals surface area contributed by atoms with E-state index in [4.69, 9.17) is 11.6 Å². The van der Waals surface area contributed by atoms with Gasteiger partial charge >= 0.3 is 5.97 Å². The number of carbonyl (C=O) groups is 1. The highest BCUT2D eigenvalue weighted by molar-refractivity contribution is 6.33. The largest absolute Gasteiger partial charge is 0.479 e. The van der Waals surface area contributed by atoms with E-state index < -0.39 is 17.3 Å². The summed E-state index contributed by atoms with van der Waals surface area (Å²) in [6.07, 6.45) is 0. The van der Waals surface area contributed by atoms with Crippen molar-refractivity contribution < 1.29 is 14.3 Å². The van der Waals surface area contributed by atoms with Gasteiger partial charge in [0.15, 0.2) is 11.4 Å². The van der Waals surface area contributed by atoms with E-state index in [1.54, 1.807) is 0 Å². The van der Waals surface area contributed by atoms with Gasteiger partial charge in [0, 0.05) is 5.56 Å². The van der Waals surface area contributed by atoms with Crippen LogP contribution in [-0.4, -0.2) is 31.3 Å². The fourth-order valence-electron chi connectivity index (χ4n) is 1.50. The predicted octanol–water partition coefficient (Wildman–Crippen LogP) is 1.95. The van der Waals surface area contributed by atoms with Gasteiger partial charge in [-0.1, -0.05) is 17.7 Å². The number of tetrazole rings is 1. The van der Waals surface area contributed by atoms with Crippen LogP contribution in [0.4, 0.5) is 4.39 Å². The number of halogens is 2. The van der Waals surface area contributed by atoms with Crippen LogP contribution in [0.1, 0.15) is 13.8 Å². The Morgan fingerprint density at radius 1 is 1.47 bits per heavy atom. The molecule has 2 aromatic rings. The molecule has 0 atom stereocenters. The molecule has 2 rings (SSSR count). The molecule has 0 spiro atoms. The summed E-state index contributed by atoms with van der Waals surface area (Å²) >= 11 is 5.85. The second-order valence-electron chi connectivity index (χ2n) is 4.38. The molecule has 0 amide bonds. The molecule has 1 aromatic carbocycles. The molecule has 0 saturated carbocycles. The van der Waals surface area contributed by atoms with Gasteiger partial charge in [0.2, 0.25) is 0 Å². The topological polar surface area (TPSA) is 80.9 Å². The van der Waals surface area contributed by atoms with E-state index in [2.05, 4.69) is 15.5 Å². The Bertz CT molecular complexity index is 641. The summed E-state index contributed by atoms with van der Waals surface area (Å²) < 4.78 is 14.5. The minimum absolute atomic E-state index is 0.0944. The van der Waals surface area contributed by atoms with E-state index in [1.807, 2.05) is 0 Å². The predicted molar refractivity (Wildman–Crippen MR) is 65.2 cm³/mol. The third-order valence-corrected chi connectivity index (χ3v) is 3.10. The van der Waals surface area contributed by atoms with E-state index in [1.165, 1.54) is 32.0 Å². The van der Waals surface area contributed by atoms with Crippen LogP contribution in [0.25, 0.3) is 11.4 Å². The van der Waals surface area contributed by atoms with Gasteiger partial charge in [-0.25, -0.2) is 13.9 Å². The molecule has 0 aliphatic rings. The monoisotopic (exact) mass is 284 g/mol. The second kappa shape index (κ2) is 4.58. The summed E-state index contributed by atoms with van der Waals surface area (Å²) in [5.41, 5.74) is -1.14. The lowest BCUT2D eigenvalue weighted by molar-refractivity contribution is -0.146. The zero-order valence-corrected chi connectivity index (χ0v) is 10.9. The minimum atomic E-state index is -1.38. The summed E-state index contributed by atoms with van der Waals surface area (Å²) in [7, 11) is 0. The maximum absolute atomic E-state index is 13.4. The number of carboxylic acid groups (broad SMARTS) is 1. The third kappa shape index (κ3) is 2.17. The van der Waals surface area contributed by atoms with Crippen LogP contribution >= 0.6 is 11.6 Å². The Balaban J connectivity index is 2.63. The van der Waals surface area contributed by atoms with E-state index in [9.17, 15) is 14.3 Å². The van der Waals surface area contributed by atoms with Crippen LogP contribution in [0, 0.1) is 5.82 Å². The van der Waals surface area contributed by atoms with Gasteiger partial charge in [-0.15, -0.1) is 5.10 Å². The van der Waals surface area contributed by atoms with Crippen molar-refractivity contribution in [3.8, 4) is 11.4 Å². The van der Waals surface area contributed by atoms with Crippen molar-refractivity contribution >= 4 is 17.6 Å². The molecule has 100 valence electrons. The fourth-order valence-corrected chi connectivity index (χ4v) is 1.71. The number of carboxylic acids is 1. The smallest absolute Gasteiger partial charge is 0.331 e. The van der Waals surface area contributed by atoms with Crippen LogP contribution in [0.5, 0.6) is 0 Å². The second-order valence-corrected chi connectivity index (χ2v) is 4.76. The SMILES string of the molecule is CC(C)(C(=O)O)n1nnnc1-c1cccc(F)c1Cl. The summed E-state index contributed by atoms with van der Waals surface area (Å²) in [4.78, 5) is 11.2. The number of hydrogen-bond donors (Lipinski definition) is 1. The first-order valence-corrected chi connectivity index (χ1v) is 5.70. The molecule has 6 nitrogen and oxygen atoms in total. The molecule has 0 radical (unpaired) electrons. The molecule has 8 heteroatoms. The molecule has 0 fully saturated rings. The maximum atomic E-state index is 13.4. The molecule has 19 heavy (non-hydrogen) atoms. The molecule has 0 aliphatic carbocycles. The highest BCUT2D eigenvalue weighted by Gasteiger charge is 2.34. The van der Waals surface area contributed by atoms with Crippen molar-refractivity contribution in [2.45, 2.75) is 19.4 Å². The Kier molecular flexibility index (Phi) is 3.23. The van der Waals surface area contributed by atoms with Crippen LogP contribution in [-0.2, 0) is 10.3 Å². The van der Waals surface area contributed by atoms with Crippen molar-refractivity contribution in [3.05, 3.63) is 29.0 Å². The van der Waals surface area contributed by atoms with Gasteiger partial charge in [-0.2, -0.15) is 0 Å². The van der Waals surface area contributed by atoms with Gasteiger partial charge in [-0.05, 0) is 36.4 Å². The van der Waals surface area contributed by atoms with Gasteiger partial charge in [0.05, 0.1) is 5.02 Å². The van der Waals surface area contributed by atoms with Gasteiger partial charge in [0.1, 0.15) is 5.82 Å². The number of benzene rings is 1. The number of rotatable bonds is 3. The van der Waals surface area contributed by atoms with Crippen LogP contribution in [0.3, 0.4) is 0 Å². The summed E-state index contributed by atoms with van der Waals surface area (Å²) in [5, 5.41) is 19.8. The number of hydrogen-bond acceptors (Lipinski definition) is 4. The first kappa shape index (κ1) is 13.4. The highest BCUT2D eigenvalue weighted by Crippen LogP contribution is 2.30. The Morgan fingerprint density at radius 3 is 2.79 bits per heavy atom. The zero-order valence-electron chi connectivity index (χ0n) is 10.1. The highest BCUT2D eigenvalue weighted by atomic mass is 35.5. The molecular formula is C11H10ClFN4O2. The van der Waals surface area contributed by atoms with Gasteiger partial charge < -0.3 is 5.11 Å². The van der Waals surface area contributed by atoms with Crippen LogP contribution in [0.15, 0.2) is 18.2 Å². The number of aromatic nitrogens is 4. The average Bonchev–Trinajstić information content (AvgIpc) is 2.82. The molecule has 0 saturated heterocycles. The first-order valence-electron chi connectivity index (χ1n) is 5.32. The van der Waals surface area contributed by atoms with E-state index >= 15 is 0 Å². The van der Waals surface area contributed by atoms with Gasteiger partial charge in [-0.3, -0.25) is 0 Å². The van der Waals surface area contributed by atoms with Crippen molar-refractivity contribution in [3.63, 3.8) is 0 Å². The average molecular weight is 285 g/mol. The normalized spacial score (nSPS) is 11.6. The third-order valence-electron chi connectivity index (χ3n) is 2.71. The molecule has 1 heterocycles. The van der Waals surface area contributed by atoms with Crippen LogP contribution in [0.2, 0.25) is 5.02 Å². The lowest BCUT2D eigenvalue weighted by atomic mass is 10.1. The standard InChI is InChI=1S/C11H10ClFN4O2/c1-11(2,10(18)19)17-9(14-15-16-17)6-4-3-5-7(13)8(6)12/h3-5H,1-2H3,(H,18,19). The zero-order chi connectivity index (χ0) is 14.2. The minimum Gasteiger partial charge on any atom is -0.479 e. The fraction of sp³-hybridized carbons (Fsp3) is 0.273. The first-order chi connectivity index (χ1) is 8.85. The molecule has 0 aliphatic heterocycles. The van der Waals surface area contributed by atoms with Crippen molar-refractivity contribution in [1.82, 2.24) is 20.2 Å². The molecule has 0 unspecified atom stereocenters. The lowest BCUT2D eigenvalue weighted by Gasteiger charge is -2.20. The van der Waals surface area contributed by atoms with E-state index in [-0.39, 0.29) is 16.4 Å². The number of nitrogens with zero attached hydrogens (tertiary/aromatic N) is 4. The molecule has 0 bridgehead atoms. The maximum Gasteiger partial charge on any atom is 0.331 e. The summed E-state index contributed by atoms with van der Waals surface area (Å²) in [5.74, 6) is -1.65. The van der Waals surface area contributed by atoms with E-state index in [0.29, 0.717) is 0 Å². The summed E-state index contributed by atoms with van der Waals surface area (Å²) in [6, 6.07) is 4.16. The Labute approximate surface area is 112 Å². The van der Waals surface area contributed by atoms with E-state index in [0.717, 1.165) is 4.68 Å². The summed E-state index contributed by atoms with van der Waals surface area (Å²) in [6.45, 7) is 2.87. The molecular weight excluding hydrogens is 275 g/mol.